The van der Waals surface area contributed by atoms with Gasteiger partial charge in [0.25, 0.3) is 0 Å². The van der Waals surface area contributed by atoms with Crippen LogP contribution in [0.1, 0.15) is 26.7 Å². The maximum Gasteiger partial charge on any atom is 0.146 e. The number of methoxy groups -OCH3 is 1. The van der Waals surface area contributed by atoms with Gasteiger partial charge in [0.2, 0.25) is 0 Å². The van der Waals surface area contributed by atoms with Crippen LogP contribution in [0.5, 0.6) is 0 Å². The molecule has 0 aromatic carbocycles. The molecule has 4 nitrogen and oxygen atoms in total. The Morgan fingerprint density at radius 1 is 1.57 bits per heavy atom. The summed E-state index contributed by atoms with van der Waals surface area (Å²) >= 11 is 0. The van der Waals surface area contributed by atoms with Crippen molar-refractivity contribution >= 4 is 0 Å². The molecule has 0 aromatic heterocycles. The smallest absolute Gasteiger partial charge is 0.146 e. The van der Waals surface area contributed by atoms with Gasteiger partial charge in [0.05, 0.1) is 12.2 Å². The van der Waals surface area contributed by atoms with Crippen LogP contribution in [0, 0.1) is 28.6 Å². The molecule has 112 valence electrons. The van der Waals surface area contributed by atoms with E-state index in [9.17, 15) is 10.4 Å². The predicted molar refractivity (Wildman–Crippen MR) is 79.8 cm³/mol. The minimum Gasteiger partial charge on any atom is -0.392 e. The highest BCUT2D eigenvalue weighted by atomic mass is 16.5. The van der Waals surface area contributed by atoms with E-state index < -0.39 is 5.41 Å². The fraction of sp³-hybridized carbons (Fsp3) is 0.588. The van der Waals surface area contributed by atoms with Crippen molar-refractivity contribution in [1.29, 1.82) is 5.26 Å². The molecule has 21 heavy (non-hydrogen) atoms. The van der Waals surface area contributed by atoms with Crippen molar-refractivity contribution in [1.82, 2.24) is 5.32 Å². The normalized spacial score (nSPS) is 43.3. The molecule has 0 aromatic rings. The lowest BCUT2D eigenvalue weighted by molar-refractivity contribution is 0.0206. The minimum absolute atomic E-state index is 0.0219. The maximum atomic E-state index is 10.6. The molecule has 0 amide bonds. The molecule has 3 rings (SSSR count). The first-order valence-corrected chi connectivity index (χ1v) is 7.54. The van der Waals surface area contributed by atoms with Gasteiger partial charge in [0, 0.05) is 18.7 Å². The van der Waals surface area contributed by atoms with Gasteiger partial charge in [-0.2, -0.15) is 5.26 Å². The number of nitrogens with zero attached hydrogens (tertiary/aromatic N) is 1. The highest BCUT2D eigenvalue weighted by molar-refractivity contribution is 5.53. The van der Waals surface area contributed by atoms with E-state index in [4.69, 9.17) is 4.74 Å². The third-order valence-corrected chi connectivity index (χ3v) is 5.23. The van der Waals surface area contributed by atoms with Gasteiger partial charge >= 0.3 is 0 Å². The number of ether oxygens (including phenoxy) is 1. The van der Waals surface area contributed by atoms with Crippen molar-refractivity contribution < 1.29 is 9.84 Å². The van der Waals surface area contributed by atoms with Gasteiger partial charge in [-0.3, -0.25) is 0 Å². The molecule has 4 heteroatoms. The highest BCUT2D eigenvalue weighted by Crippen LogP contribution is 2.57. The third kappa shape index (κ3) is 1.88. The van der Waals surface area contributed by atoms with Crippen LogP contribution in [0.3, 0.4) is 0 Å². The molecule has 3 aliphatic rings. The zero-order chi connectivity index (χ0) is 15.2. The van der Waals surface area contributed by atoms with Crippen molar-refractivity contribution in [3.05, 3.63) is 35.1 Å². The van der Waals surface area contributed by atoms with Crippen LogP contribution in [0.25, 0.3) is 0 Å². The summed E-state index contributed by atoms with van der Waals surface area (Å²) in [6.45, 7) is 4.01. The molecule has 2 aliphatic carbocycles. The Labute approximate surface area is 125 Å². The van der Waals surface area contributed by atoms with E-state index in [1.54, 1.807) is 7.11 Å². The third-order valence-electron chi connectivity index (χ3n) is 5.23. The fourth-order valence-electron chi connectivity index (χ4n) is 4.25. The number of aliphatic hydroxyl groups excluding tert-OH is 1. The molecular weight excluding hydrogens is 264 g/mol. The van der Waals surface area contributed by atoms with Gasteiger partial charge < -0.3 is 15.2 Å². The largest absolute Gasteiger partial charge is 0.392 e. The number of aliphatic hydroxyl groups is 1. The number of hydrogen-bond donors (Lipinski definition) is 2. The second-order valence-corrected chi connectivity index (χ2v) is 6.30. The summed E-state index contributed by atoms with van der Waals surface area (Å²) in [7, 11) is 1.66. The molecule has 0 saturated heterocycles. The van der Waals surface area contributed by atoms with Crippen molar-refractivity contribution in [3.63, 3.8) is 0 Å². The Kier molecular flexibility index (Phi) is 3.43. The summed E-state index contributed by atoms with van der Waals surface area (Å²) < 4.78 is 5.34. The monoisotopic (exact) mass is 286 g/mol. The second-order valence-electron chi connectivity index (χ2n) is 6.30. The van der Waals surface area contributed by atoms with Crippen LogP contribution < -0.4 is 5.32 Å². The summed E-state index contributed by atoms with van der Waals surface area (Å²) in [6.07, 6.45) is 6.90. The van der Waals surface area contributed by atoms with E-state index in [1.807, 2.05) is 32.1 Å². The van der Waals surface area contributed by atoms with E-state index in [1.165, 1.54) is 0 Å². The van der Waals surface area contributed by atoms with Crippen molar-refractivity contribution in [2.75, 3.05) is 7.11 Å². The summed E-state index contributed by atoms with van der Waals surface area (Å²) in [5.41, 5.74) is 2.58. The van der Waals surface area contributed by atoms with Crippen molar-refractivity contribution in [2.45, 2.75) is 39.0 Å². The van der Waals surface area contributed by atoms with Crippen LogP contribution in [-0.4, -0.2) is 24.5 Å². The number of dihydropyridines is 1. The molecule has 1 fully saturated rings. The Morgan fingerprint density at radius 3 is 2.95 bits per heavy atom. The summed E-state index contributed by atoms with van der Waals surface area (Å²) in [5, 5.41) is 23.9. The molecule has 2 unspecified atom stereocenters. The van der Waals surface area contributed by atoms with Gasteiger partial charge in [0.1, 0.15) is 11.6 Å². The summed E-state index contributed by atoms with van der Waals surface area (Å²) in [5.74, 6) is 0.148. The van der Waals surface area contributed by atoms with E-state index in [0.717, 1.165) is 23.3 Å². The van der Waals surface area contributed by atoms with Crippen LogP contribution in [-0.2, 0) is 4.74 Å². The molecule has 5 atom stereocenters. The molecule has 1 saturated carbocycles. The number of allylic oxidation sites excluding steroid dienone is 4. The SMILES string of the molecule is C/C=C1\[C@@H]2CC3=C(C=CC(OC)N3)[C@@]1(C#N)CC(C)[C@@H]2O. The molecule has 1 heterocycles. The van der Waals surface area contributed by atoms with Gasteiger partial charge in [-0.25, -0.2) is 0 Å². The Hall–Kier alpha value is -1.57. The Morgan fingerprint density at radius 2 is 2.33 bits per heavy atom. The first-order valence-electron chi connectivity index (χ1n) is 7.54. The van der Waals surface area contributed by atoms with E-state index >= 15 is 0 Å². The van der Waals surface area contributed by atoms with Gasteiger partial charge in [0.15, 0.2) is 0 Å². The van der Waals surface area contributed by atoms with Gasteiger partial charge in [-0.05, 0) is 42.9 Å². The first-order chi connectivity index (χ1) is 10.1. The molecule has 2 N–H and O–H groups in total. The van der Waals surface area contributed by atoms with E-state index in [-0.39, 0.29) is 24.2 Å². The summed E-state index contributed by atoms with van der Waals surface area (Å²) in [4.78, 5) is 0. The quantitative estimate of drug-likeness (QED) is 0.726. The molecule has 0 spiro atoms. The average molecular weight is 286 g/mol. The Bertz CT molecular complexity index is 584. The molecule has 2 bridgehead atoms. The van der Waals surface area contributed by atoms with Crippen LogP contribution in [0.4, 0.5) is 0 Å². The topological polar surface area (TPSA) is 65.3 Å². The standard InChI is InChI=1S/C17H22N2O2/c1-4-12-11-7-14-13(5-6-15(19-14)21-3)17(12,9-18)8-10(2)16(11)20/h4-6,10-11,15-16,19-20H,7-8H2,1-3H3/b12-4+/t10?,11-,15?,16-,17+/m0/s1. The first kappa shape index (κ1) is 14.4. The van der Waals surface area contributed by atoms with Crippen LogP contribution in [0.2, 0.25) is 0 Å². The van der Waals surface area contributed by atoms with Gasteiger partial charge in [-0.1, -0.05) is 19.1 Å². The number of nitriles is 1. The fourth-order valence-corrected chi connectivity index (χ4v) is 4.25. The minimum atomic E-state index is -0.603. The van der Waals surface area contributed by atoms with Crippen LogP contribution in [0.15, 0.2) is 35.1 Å². The highest BCUT2D eigenvalue weighted by Gasteiger charge is 2.53. The molecule has 0 radical (unpaired) electrons. The van der Waals surface area contributed by atoms with Crippen molar-refractivity contribution in [3.8, 4) is 6.07 Å². The van der Waals surface area contributed by atoms with Crippen LogP contribution >= 0.6 is 0 Å². The van der Waals surface area contributed by atoms with E-state index in [0.29, 0.717) is 6.42 Å². The lowest BCUT2D eigenvalue weighted by atomic mass is 9.54. The number of hydrogen-bond acceptors (Lipinski definition) is 4. The van der Waals surface area contributed by atoms with Gasteiger partial charge in [-0.15, -0.1) is 0 Å². The Balaban J connectivity index is 2.15. The molecule has 1 aliphatic heterocycles. The second kappa shape index (κ2) is 5.01. The molecular formula is C17H22N2O2. The zero-order valence-corrected chi connectivity index (χ0v) is 12.8. The number of rotatable bonds is 1. The zero-order valence-electron chi connectivity index (χ0n) is 12.8. The lowest BCUT2D eigenvalue weighted by Crippen LogP contribution is -2.50. The average Bonchev–Trinajstić information content (AvgIpc) is 2.51. The predicted octanol–water partition coefficient (Wildman–Crippen LogP) is 2.25. The maximum absolute atomic E-state index is 10.6. The van der Waals surface area contributed by atoms with E-state index in [2.05, 4.69) is 11.4 Å². The van der Waals surface area contributed by atoms with Crippen molar-refractivity contribution in [2.24, 2.45) is 17.3 Å². The number of nitrogens with one attached hydrogen (secondary N) is 1. The summed E-state index contributed by atoms with van der Waals surface area (Å²) in [6, 6.07) is 2.56. The lowest BCUT2D eigenvalue weighted by Gasteiger charge is -2.51. The number of fused-ring (bicyclic) bond motifs is 3.